The highest BCUT2D eigenvalue weighted by Crippen LogP contribution is 2.29. The summed E-state index contributed by atoms with van der Waals surface area (Å²) in [6, 6.07) is 9.60. The van der Waals surface area contributed by atoms with Crippen molar-refractivity contribution in [3.63, 3.8) is 0 Å². The number of methoxy groups -OCH3 is 1. The minimum absolute atomic E-state index is 0.00815. The number of rotatable bonds is 8. The lowest BCUT2D eigenvalue weighted by Crippen LogP contribution is -2.21. The Morgan fingerprint density at radius 2 is 1.66 bits per heavy atom. The lowest BCUT2D eigenvalue weighted by Gasteiger charge is -2.11. The molecule has 0 heterocycles. The molecule has 0 saturated heterocycles. The summed E-state index contributed by atoms with van der Waals surface area (Å²) < 4.78 is 38.7. The fourth-order valence-corrected chi connectivity index (χ4v) is 2.25. The molecule has 2 aromatic rings. The monoisotopic (exact) mass is 408 g/mol. The number of amides is 2. The van der Waals surface area contributed by atoms with Crippen LogP contribution in [0.15, 0.2) is 42.5 Å². The third-order valence-electron chi connectivity index (χ3n) is 3.61. The summed E-state index contributed by atoms with van der Waals surface area (Å²) in [5.41, 5.74) is 0.824. The number of carbonyl (C=O) groups excluding carboxylic acids is 3. The Morgan fingerprint density at radius 1 is 1.00 bits per heavy atom. The van der Waals surface area contributed by atoms with Gasteiger partial charge in [0.05, 0.1) is 12.7 Å². The molecule has 0 radical (unpaired) electrons. The molecule has 29 heavy (non-hydrogen) atoms. The Labute approximate surface area is 164 Å². The SMILES string of the molecule is CNC(=O)c1ccc(NC(=O)COC(=O)c2ccc(OC(F)F)c(OC)c2)cc1. The molecular weight excluding hydrogens is 390 g/mol. The minimum atomic E-state index is -3.05. The minimum Gasteiger partial charge on any atom is -0.493 e. The molecule has 0 saturated carbocycles. The van der Waals surface area contributed by atoms with Crippen LogP contribution < -0.4 is 20.1 Å². The van der Waals surface area contributed by atoms with Crippen molar-refractivity contribution in [3.05, 3.63) is 53.6 Å². The maximum atomic E-state index is 12.3. The van der Waals surface area contributed by atoms with Gasteiger partial charge in [-0.15, -0.1) is 0 Å². The smallest absolute Gasteiger partial charge is 0.387 e. The summed E-state index contributed by atoms with van der Waals surface area (Å²) in [6.45, 7) is -3.62. The van der Waals surface area contributed by atoms with Crippen LogP contribution in [0.3, 0.4) is 0 Å². The van der Waals surface area contributed by atoms with Gasteiger partial charge < -0.3 is 24.8 Å². The van der Waals surface area contributed by atoms with Gasteiger partial charge in [0.25, 0.3) is 11.8 Å². The van der Waals surface area contributed by atoms with E-state index in [0.29, 0.717) is 11.3 Å². The van der Waals surface area contributed by atoms with Gasteiger partial charge in [-0.05, 0) is 42.5 Å². The molecule has 154 valence electrons. The molecule has 2 amide bonds. The number of benzene rings is 2. The summed E-state index contributed by atoms with van der Waals surface area (Å²) in [4.78, 5) is 35.5. The molecule has 0 fully saturated rings. The number of alkyl halides is 2. The van der Waals surface area contributed by atoms with Gasteiger partial charge >= 0.3 is 12.6 Å². The summed E-state index contributed by atoms with van der Waals surface area (Å²) in [5, 5.41) is 4.98. The maximum absolute atomic E-state index is 12.3. The van der Waals surface area contributed by atoms with Crippen molar-refractivity contribution in [3.8, 4) is 11.5 Å². The molecule has 0 atom stereocenters. The van der Waals surface area contributed by atoms with Gasteiger partial charge in [0.1, 0.15) is 0 Å². The predicted octanol–water partition coefficient (Wildman–Crippen LogP) is 2.45. The molecule has 8 nitrogen and oxygen atoms in total. The van der Waals surface area contributed by atoms with Crippen LogP contribution in [0.2, 0.25) is 0 Å². The Hall–Kier alpha value is -3.69. The summed E-state index contributed by atoms with van der Waals surface area (Å²) in [7, 11) is 2.73. The first-order chi connectivity index (χ1) is 13.8. The second-order valence-corrected chi connectivity index (χ2v) is 5.52. The van der Waals surface area contributed by atoms with Crippen molar-refractivity contribution < 1.29 is 37.4 Å². The molecule has 2 rings (SSSR count). The van der Waals surface area contributed by atoms with E-state index in [1.165, 1.54) is 44.5 Å². The van der Waals surface area contributed by atoms with Crippen molar-refractivity contribution >= 4 is 23.5 Å². The van der Waals surface area contributed by atoms with E-state index >= 15 is 0 Å². The fourth-order valence-electron chi connectivity index (χ4n) is 2.25. The molecule has 10 heteroatoms. The standard InChI is InChI=1S/C19H18F2N2O6/c1-22-17(25)11-3-6-13(7-4-11)23-16(24)10-28-18(26)12-5-8-14(29-19(20)21)15(9-12)27-2/h3-9,19H,10H2,1-2H3,(H,22,25)(H,23,24). The molecule has 0 aromatic heterocycles. The summed E-state index contributed by atoms with van der Waals surface area (Å²) in [5.74, 6) is -2.04. The van der Waals surface area contributed by atoms with Gasteiger partial charge in [0, 0.05) is 18.3 Å². The molecule has 0 unspecified atom stereocenters. The molecule has 0 spiro atoms. The average molecular weight is 408 g/mol. The molecule has 0 bridgehead atoms. The summed E-state index contributed by atoms with van der Waals surface area (Å²) in [6.07, 6.45) is 0. The second-order valence-electron chi connectivity index (χ2n) is 5.52. The topological polar surface area (TPSA) is 103 Å². The normalized spacial score (nSPS) is 10.2. The van der Waals surface area contributed by atoms with E-state index in [0.717, 1.165) is 12.1 Å². The van der Waals surface area contributed by atoms with E-state index in [-0.39, 0.29) is 23.0 Å². The highest BCUT2D eigenvalue weighted by atomic mass is 19.3. The van der Waals surface area contributed by atoms with Crippen molar-refractivity contribution in [1.82, 2.24) is 5.32 Å². The van der Waals surface area contributed by atoms with Gasteiger partial charge in [0.15, 0.2) is 18.1 Å². The Kier molecular flexibility index (Phi) is 7.47. The molecule has 2 aromatic carbocycles. The van der Waals surface area contributed by atoms with E-state index in [1.54, 1.807) is 0 Å². The lowest BCUT2D eigenvalue weighted by molar-refractivity contribution is -0.119. The van der Waals surface area contributed by atoms with Gasteiger partial charge in [-0.2, -0.15) is 8.78 Å². The quantitative estimate of drug-likeness (QED) is 0.651. The van der Waals surface area contributed by atoms with Crippen molar-refractivity contribution in [2.24, 2.45) is 0 Å². The highest BCUT2D eigenvalue weighted by molar-refractivity contribution is 5.97. The average Bonchev–Trinajstić information content (AvgIpc) is 2.71. The number of ether oxygens (including phenoxy) is 3. The van der Waals surface area contributed by atoms with Crippen LogP contribution in [0.5, 0.6) is 11.5 Å². The van der Waals surface area contributed by atoms with Crippen LogP contribution in [-0.2, 0) is 9.53 Å². The number of esters is 1. The Balaban J connectivity index is 1.92. The van der Waals surface area contributed by atoms with Crippen LogP contribution in [-0.4, -0.2) is 45.2 Å². The van der Waals surface area contributed by atoms with Crippen LogP contribution >= 0.6 is 0 Å². The number of hydrogen-bond donors (Lipinski definition) is 2. The first-order valence-electron chi connectivity index (χ1n) is 8.26. The van der Waals surface area contributed by atoms with E-state index in [4.69, 9.17) is 9.47 Å². The zero-order valence-corrected chi connectivity index (χ0v) is 15.5. The third-order valence-corrected chi connectivity index (χ3v) is 3.61. The molecule has 2 N–H and O–H groups in total. The molecular formula is C19H18F2N2O6. The van der Waals surface area contributed by atoms with Gasteiger partial charge in [-0.25, -0.2) is 4.79 Å². The second kappa shape index (κ2) is 10.0. The van der Waals surface area contributed by atoms with Gasteiger partial charge in [0.2, 0.25) is 0 Å². The molecule has 0 aliphatic rings. The zero-order valence-electron chi connectivity index (χ0n) is 15.5. The number of anilines is 1. The third kappa shape index (κ3) is 6.16. The van der Waals surface area contributed by atoms with Crippen molar-refractivity contribution in [1.29, 1.82) is 0 Å². The van der Waals surface area contributed by atoms with Crippen LogP contribution in [0.1, 0.15) is 20.7 Å². The predicted molar refractivity (Wildman–Crippen MR) is 98.4 cm³/mol. The highest BCUT2D eigenvalue weighted by Gasteiger charge is 2.16. The van der Waals surface area contributed by atoms with Crippen LogP contribution in [0.25, 0.3) is 0 Å². The maximum Gasteiger partial charge on any atom is 0.387 e. The molecule has 0 aliphatic carbocycles. The van der Waals surface area contributed by atoms with E-state index in [9.17, 15) is 23.2 Å². The van der Waals surface area contributed by atoms with E-state index in [2.05, 4.69) is 15.4 Å². The lowest BCUT2D eigenvalue weighted by atomic mass is 10.2. The number of nitrogens with one attached hydrogen (secondary N) is 2. The Bertz CT molecular complexity index is 887. The number of carbonyl (C=O) groups is 3. The van der Waals surface area contributed by atoms with E-state index < -0.39 is 25.1 Å². The van der Waals surface area contributed by atoms with Gasteiger partial charge in [-0.1, -0.05) is 0 Å². The first kappa shape index (κ1) is 21.6. The largest absolute Gasteiger partial charge is 0.493 e. The van der Waals surface area contributed by atoms with E-state index in [1.807, 2.05) is 0 Å². The first-order valence-corrected chi connectivity index (χ1v) is 8.26. The summed E-state index contributed by atoms with van der Waals surface area (Å²) >= 11 is 0. The number of hydrogen-bond acceptors (Lipinski definition) is 6. The van der Waals surface area contributed by atoms with Gasteiger partial charge in [-0.3, -0.25) is 9.59 Å². The van der Waals surface area contributed by atoms with Crippen molar-refractivity contribution in [2.45, 2.75) is 6.61 Å². The Morgan fingerprint density at radius 3 is 2.24 bits per heavy atom. The van der Waals surface area contributed by atoms with Crippen LogP contribution in [0, 0.1) is 0 Å². The number of halogens is 2. The van der Waals surface area contributed by atoms with Crippen molar-refractivity contribution in [2.75, 3.05) is 26.1 Å². The fraction of sp³-hybridized carbons (Fsp3) is 0.211. The molecule has 0 aliphatic heterocycles. The zero-order chi connectivity index (χ0) is 21.4. The van der Waals surface area contributed by atoms with Crippen LogP contribution in [0.4, 0.5) is 14.5 Å².